The number of hydrogen-bond acceptors (Lipinski definition) is 3. The summed E-state index contributed by atoms with van der Waals surface area (Å²) >= 11 is 0. The van der Waals surface area contributed by atoms with E-state index in [1.54, 1.807) is 7.11 Å². The third-order valence-electron chi connectivity index (χ3n) is 4.32. The van der Waals surface area contributed by atoms with Gasteiger partial charge in [0.05, 0.1) is 6.61 Å². The van der Waals surface area contributed by atoms with Crippen LogP contribution in [0.15, 0.2) is 12.4 Å². The largest absolute Gasteiger partial charge is 0.383 e. The van der Waals surface area contributed by atoms with Crippen molar-refractivity contribution in [1.29, 1.82) is 0 Å². The van der Waals surface area contributed by atoms with Gasteiger partial charge in [-0.15, -0.1) is 0 Å². The number of aromatic nitrogens is 2. The Morgan fingerprint density at radius 1 is 1.50 bits per heavy atom. The molecule has 0 aliphatic heterocycles. The number of ether oxygens (including phenoxy) is 1. The quantitative estimate of drug-likeness (QED) is 0.845. The molecule has 102 valence electrons. The van der Waals surface area contributed by atoms with Crippen molar-refractivity contribution in [3.05, 3.63) is 12.4 Å². The summed E-state index contributed by atoms with van der Waals surface area (Å²) in [6.07, 6.45) is 7.76. The van der Waals surface area contributed by atoms with Crippen molar-refractivity contribution in [2.45, 2.75) is 45.7 Å². The minimum absolute atomic E-state index is 0.568. The number of hydrogen-bond donors (Lipinski definition) is 1. The number of methoxy groups -OCH3 is 1. The molecule has 18 heavy (non-hydrogen) atoms. The van der Waals surface area contributed by atoms with Crippen LogP contribution in [0.4, 0.5) is 5.95 Å². The van der Waals surface area contributed by atoms with Crippen LogP contribution < -0.4 is 5.32 Å². The van der Waals surface area contributed by atoms with Crippen LogP contribution in [0.25, 0.3) is 0 Å². The van der Waals surface area contributed by atoms with Crippen molar-refractivity contribution < 1.29 is 4.74 Å². The average Bonchev–Trinajstić information content (AvgIpc) is 2.95. The van der Waals surface area contributed by atoms with E-state index in [1.165, 1.54) is 19.3 Å². The molecule has 2 rings (SSSR count). The molecule has 1 aliphatic rings. The average molecular weight is 251 g/mol. The first-order chi connectivity index (χ1) is 8.76. The summed E-state index contributed by atoms with van der Waals surface area (Å²) in [6, 6.07) is 0.568. The highest BCUT2D eigenvalue weighted by atomic mass is 16.5. The van der Waals surface area contributed by atoms with Gasteiger partial charge in [0, 0.05) is 32.1 Å². The summed E-state index contributed by atoms with van der Waals surface area (Å²) in [7, 11) is 1.73. The summed E-state index contributed by atoms with van der Waals surface area (Å²) in [5.41, 5.74) is 0. The van der Waals surface area contributed by atoms with Gasteiger partial charge >= 0.3 is 0 Å². The Bertz CT molecular complexity index is 364. The highest BCUT2D eigenvalue weighted by Gasteiger charge is 2.31. The van der Waals surface area contributed by atoms with Crippen LogP contribution in [-0.4, -0.2) is 29.3 Å². The molecule has 0 bridgehead atoms. The molecular weight excluding hydrogens is 226 g/mol. The molecule has 1 heterocycles. The molecule has 1 saturated carbocycles. The molecule has 1 N–H and O–H groups in total. The summed E-state index contributed by atoms with van der Waals surface area (Å²) in [4.78, 5) is 4.41. The van der Waals surface area contributed by atoms with Crippen LogP contribution in [0.3, 0.4) is 0 Å². The Kier molecular flexibility index (Phi) is 4.64. The van der Waals surface area contributed by atoms with E-state index in [0.29, 0.717) is 6.04 Å². The Labute approximate surface area is 110 Å². The third-order valence-corrected chi connectivity index (χ3v) is 4.32. The lowest BCUT2D eigenvalue weighted by Crippen LogP contribution is -2.26. The Morgan fingerprint density at radius 3 is 3.00 bits per heavy atom. The van der Waals surface area contributed by atoms with Crippen LogP contribution >= 0.6 is 0 Å². The number of anilines is 1. The van der Waals surface area contributed by atoms with Crippen molar-refractivity contribution in [2.75, 3.05) is 19.0 Å². The van der Waals surface area contributed by atoms with Gasteiger partial charge in [-0.1, -0.05) is 20.3 Å². The molecule has 1 aromatic rings. The molecule has 1 aromatic heterocycles. The molecule has 3 unspecified atom stereocenters. The monoisotopic (exact) mass is 251 g/mol. The first-order valence-electron chi connectivity index (χ1n) is 7.02. The second kappa shape index (κ2) is 6.23. The van der Waals surface area contributed by atoms with Crippen molar-refractivity contribution in [3.8, 4) is 0 Å². The molecule has 1 fully saturated rings. The van der Waals surface area contributed by atoms with Gasteiger partial charge in [-0.05, 0) is 24.7 Å². The Morgan fingerprint density at radius 2 is 2.33 bits per heavy atom. The van der Waals surface area contributed by atoms with Gasteiger partial charge < -0.3 is 14.6 Å². The molecule has 0 amide bonds. The maximum atomic E-state index is 5.12. The van der Waals surface area contributed by atoms with E-state index in [0.717, 1.165) is 30.9 Å². The molecule has 0 radical (unpaired) electrons. The van der Waals surface area contributed by atoms with Gasteiger partial charge in [0.15, 0.2) is 0 Å². The fraction of sp³-hybridized carbons (Fsp3) is 0.786. The molecule has 3 atom stereocenters. The van der Waals surface area contributed by atoms with Crippen molar-refractivity contribution in [3.63, 3.8) is 0 Å². The van der Waals surface area contributed by atoms with E-state index in [4.69, 9.17) is 4.74 Å². The highest BCUT2D eigenvalue weighted by molar-refractivity contribution is 5.28. The lowest BCUT2D eigenvalue weighted by Gasteiger charge is -2.22. The van der Waals surface area contributed by atoms with Crippen LogP contribution in [0.5, 0.6) is 0 Å². The topological polar surface area (TPSA) is 39.1 Å². The van der Waals surface area contributed by atoms with Gasteiger partial charge in [-0.2, -0.15) is 0 Å². The molecular formula is C14H25N3O. The zero-order valence-corrected chi connectivity index (χ0v) is 11.7. The Hall–Kier alpha value is -1.03. The van der Waals surface area contributed by atoms with Crippen LogP contribution in [0.1, 0.15) is 33.1 Å². The third kappa shape index (κ3) is 2.86. The van der Waals surface area contributed by atoms with Gasteiger partial charge in [-0.3, -0.25) is 0 Å². The number of rotatable bonds is 6. The fourth-order valence-corrected chi connectivity index (χ4v) is 3.01. The molecule has 0 spiro atoms. The van der Waals surface area contributed by atoms with Gasteiger partial charge in [0.2, 0.25) is 5.95 Å². The number of nitrogens with zero attached hydrogens (tertiary/aromatic N) is 2. The van der Waals surface area contributed by atoms with Crippen LogP contribution in [0.2, 0.25) is 0 Å². The zero-order chi connectivity index (χ0) is 13.0. The molecule has 1 aliphatic carbocycles. The van der Waals surface area contributed by atoms with Crippen LogP contribution in [-0.2, 0) is 11.3 Å². The lowest BCUT2D eigenvalue weighted by molar-refractivity contribution is 0.187. The molecule has 0 saturated heterocycles. The van der Waals surface area contributed by atoms with Crippen LogP contribution in [0, 0.1) is 11.8 Å². The van der Waals surface area contributed by atoms with Gasteiger partial charge in [0.25, 0.3) is 0 Å². The maximum absolute atomic E-state index is 5.12. The standard InChI is InChI=1S/C14H25N3O/c1-4-12-5-6-13(11(12)2)16-14-15-7-8-17(14)9-10-18-3/h7-8,11-13H,4-6,9-10H2,1-3H3,(H,15,16). The minimum Gasteiger partial charge on any atom is -0.383 e. The number of nitrogens with one attached hydrogen (secondary N) is 1. The van der Waals surface area contributed by atoms with Crippen molar-refractivity contribution >= 4 is 5.95 Å². The van der Waals surface area contributed by atoms with Crippen molar-refractivity contribution in [1.82, 2.24) is 9.55 Å². The summed E-state index contributed by atoms with van der Waals surface area (Å²) in [6.45, 7) is 6.24. The van der Waals surface area contributed by atoms with Crippen molar-refractivity contribution in [2.24, 2.45) is 11.8 Å². The normalized spacial score (nSPS) is 27.6. The molecule has 4 heteroatoms. The molecule has 0 aromatic carbocycles. The van der Waals surface area contributed by atoms with E-state index in [1.807, 2.05) is 12.4 Å². The van der Waals surface area contributed by atoms with E-state index >= 15 is 0 Å². The second-order valence-electron chi connectivity index (χ2n) is 5.29. The first-order valence-corrected chi connectivity index (χ1v) is 7.02. The van der Waals surface area contributed by atoms with E-state index in [-0.39, 0.29) is 0 Å². The second-order valence-corrected chi connectivity index (χ2v) is 5.29. The smallest absolute Gasteiger partial charge is 0.203 e. The first kappa shape index (κ1) is 13.4. The maximum Gasteiger partial charge on any atom is 0.203 e. The van der Waals surface area contributed by atoms with E-state index < -0.39 is 0 Å². The predicted octanol–water partition coefficient (Wildman–Crippen LogP) is 2.77. The Balaban J connectivity index is 1.95. The summed E-state index contributed by atoms with van der Waals surface area (Å²) in [5.74, 6) is 2.59. The minimum atomic E-state index is 0.568. The lowest BCUT2D eigenvalue weighted by atomic mass is 9.94. The number of imidazole rings is 1. The van der Waals surface area contributed by atoms with E-state index in [9.17, 15) is 0 Å². The SMILES string of the molecule is CCC1CCC(Nc2nccn2CCOC)C1C. The molecule has 4 nitrogen and oxygen atoms in total. The van der Waals surface area contributed by atoms with E-state index in [2.05, 4.69) is 28.7 Å². The summed E-state index contributed by atoms with van der Waals surface area (Å²) in [5, 5.41) is 3.61. The van der Waals surface area contributed by atoms with Gasteiger partial charge in [-0.25, -0.2) is 4.98 Å². The fourth-order valence-electron chi connectivity index (χ4n) is 3.01. The van der Waals surface area contributed by atoms with Gasteiger partial charge in [0.1, 0.15) is 0 Å². The summed E-state index contributed by atoms with van der Waals surface area (Å²) < 4.78 is 7.25. The predicted molar refractivity (Wildman–Crippen MR) is 73.7 cm³/mol. The zero-order valence-electron chi connectivity index (χ0n) is 11.7. The highest BCUT2D eigenvalue weighted by Crippen LogP contribution is 2.35.